The Bertz CT molecular complexity index is 990. The molecule has 3 heterocycles. The molecular formula is C18H19ClN4O3. The number of pyridine rings is 1. The van der Waals surface area contributed by atoms with Gasteiger partial charge in [0, 0.05) is 18.1 Å². The van der Waals surface area contributed by atoms with E-state index in [0.29, 0.717) is 33.2 Å². The van der Waals surface area contributed by atoms with E-state index in [1.54, 1.807) is 49.7 Å². The average Bonchev–Trinajstić information content (AvgIpc) is 3.12. The molecule has 26 heavy (non-hydrogen) atoms. The second kappa shape index (κ2) is 7.21. The van der Waals surface area contributed by atoms with E-state index in [4.69, 9.17) is 16.3 Å². The quantitative estimate of drug-likeness (QED) is 0.672. The van der Waals surface area contributed by atoms with Crippen molar-refractivity contribution in [2.45, 2.75) is 27.3 Å². The van der Waals surface area contributed by atoms with Crippen molar-refractivity contribution >= 4 is 29.1 Å². The number of nitrogens with one attached hydrogen (secondary N) is 2. The van der Waals surface area contributed by atoms with Gasteiger partial charge in [-0.05, 0) is 38.5 Å². The minimum atomic E-state index is -0.435. The van der Waals surface area contributed by atoms with E-state index in [1.165, 1.54) is 0 Å². The molecule has 0 aromatic carbocycles. The molecule has 0 aliphatic rings. The number of hydrogen-bond donors (Lipinski definition) is 2. The maximum absolute atomic E-state index is 12.5. The number of hydrogen-bond acceptors (Lipinski definition) is 4. The molecule has 0 saturated carbocycles. The molecule has 7 nitrogen and oxygen atoms in total. The van der Waals surface area contributed by atoms with Gasteiger partial charge in [-0.1, -0.05) is 11.6 Å². The van der Waals surface area contributed by atoms with Crippen LogP contribution in [0.1, 0.15) is 44.7 Å². The number of fused-ring (bicyclic) bond motifs is 1. The summed E-state index contributed by atoms with van der Waals surface area (Å²) in [6, 6.07) is 3.56. The van der Waals surface area contributed by atoms with Crippen LogP contribution in [-0.4, -0.2) is 32.9 Å². The van der Waals surface area contributed by atoms with Gasteiger partial charge in [0.25, 0.3) is 5.91 Å². The molecule has 136 valence electrons. The van der Waals surface area contributed by atoms with Gasteiger partial charge in [0.1, 0.15) is 11.3 Å². The fourth-order valence-corrected chi connectivity index (χ4v) is 3.02. The van der Waals surface area contributed by atoms with Crippen LogP contribution in [-0.2, 0) is 11.3 Å². The number of aromatic amines is 1. The van der Waals surface area contributed by atoms with E-state index in [-0.39, 0.29) is 19.1 Å². The van der Waals surface area contributed by atoms with Crippen molar-refractivity contribution in [2.75, 3.05) is 6.61 Å². The average molecular weight is 375 g/mol. The molecule has 0 radical (unpaired) electrons. The Balaban J connectivity index is 1.75. The Labute approximate surface area is 155 Å². The van der Waals surface area contributed by atoms with Crippen molar-refractivity contribution in [2.24, 2.45) is 0 Å². The van der Waals surface area contributed by atoms with Gasteiger partial charge in [-0.25, -0.2) is 9.78 Å². The van der Waals surface area contributed by atoms with Gasteiger partial charge >= 0.3 is 5.97 Å². The number of esters is 1. The molecular weight excluding hydrogens is 356 g/mol. The van der Waals surface area contributed by atoms with E-state index in [2.05, 4.69) is 15.3 Å². The Morgan fingerprint density at radius 1 is 1.31 bits per heavy atom. The van der Waals surface area contributed by atoms with Crippen LogP contribution in [0.3, 0.4) is 0 Å². The predicted molar refractivity (Wildman–Crippen MR) is 97.6 cm³/mol. The number of amides is 1. The summed E-state index contributed by atoms with van der Waals surface area (Å²) in [6.45, 7) is 5.73. The predicted octanol–water partition coefficient (Wildman–Crippen LogP) is 3.04. The third-order valence-electron chi connectivity index (χ3n) is 4.04. The molecule has 0 fully saturated rings. The molecule has 0 atom stereocenters. The molecule has 0 aliphatic carbocycles. The summed E-state index contributed by atoms with van der Waals surface area (Å²) in [4.78, 5) is 31.9. The largest absolute Gasteiger partial charge is 0.462 e. The molecule has 0 spiro atoms. The zero-order valence-electron chi connectivity index (χ0n) is 14.7. The first-order valence-electron chi connectivity index (χ1n) is 8.18. The summed E-state index contributed by atoms with van der Waals surface area (Å²) in [5.41, 5.74) is 3.37. The number of halogens is 1. The second-order valence-corrected chi connectivity index (χ2v) is 6.31. The molecule has 3 aromatic rings. The minimum Gasteiger partial charge on any atom is -0.462 e. The number of H-pyrrole nitrogens is 1. The van der Waals surface area contributed by atoms with Crippen LogP contribution in [0.4, 0.5) is 0 Å². The molecule has 0 saturated heterocycles. The van der Waals surface area contributed by atoms with Crippen LogP contribution in [0, 0.1) is 13.8 Å². The van der Waals surface area contributed by atoms with Gasteiger partial charge in [-0.15, -0.1) is 0 Å². The van der Waals surface area contributed by atoms with E-state index in [9.17, 15) is 9.59 Å². The number of carbonyl (C=O) groups excluding carboxylic acids is 2. The third kappa shape index (κ3) is 3.43. The van der Waals surface area contributed by atoms with Gasteiger partial charge in [-0.3, -0.25) is 4.79 Å². The van der Waals surface area contributed by atoms with Crippen molar-refractivity contribution in [3.8, 4) is 0 Å². The van der Waals surface area contributed by atoms with Gasteiger partial charge in [0.05, 0.1) is 29.4 Å². The first-order chi connectivity index (χ1) is 12.4. The number of rotatable bonds is 5. The van der Waals surface area contributed by atoms with Crippen LogP contribution in [0.5, 0.6) is 0 Å². The van der Waals surface area contributed by atoms with Crippen molar-refractivity contribution < 1.29 is 14.3 Å². The highest BCUT2D eigenvalue weighted by Gasteiger charge is 2.22. The molecule has 0 aliphatic heterocycles. The summed E-state index contributed by atoms with van der Waals surface area (Å²) in [7, 11) is 0. The smallest absolute Gasteiger partial charge is 0.340 e. The number of imidazole rings is 1. The highest BCUT2D eigenvalue weighted by atomic mass is 35.5. The lowest BCUT2D eigenvalue weighted by Crippen LogP contribution is -2.24. The summed E-state index contributed by atoms with van der Waals surface area (Å²) in [6.07, 6.45) is 3.55. The van der Waals surface area contributed by atoms with E-state index < -0.39 is 5.97 Å². The number of aromatic nitrogens is 3. The Morgan fingerprint density at radius 2 is 2.08 bits per heavy atom. The van der Waals surface area contributed by atoms with E-state index in [0.717, 1.165) is 5.65 Å². The summed E-state index contributed by atoms with van der Waals surface area (Å²) in [5, 5.41) is 3.42. The SMILES string of the molecule is CCOC(=O)c1c(C)[nH]c(C(=O)NCc2cn3cc(Cl)ccc3n2)c1C. The standard InChI is InChI=1S/C18H19ClN4O3/c1-4-26-18(25)15-10(2)16(21-11(15)3)17(24)20-7-13-9-23-8-12(19)5-6-14(23)22-13/h5-6,8-9,21H,4,7H2,1-3H3,(H,20,24). The molecule has 1 amide bonds. The van der Waals surface area contributed by atoms with Crippen LogP contribution in [0.25, 0.3) is 5.65 Å². The number of nitrogens with zero attached hydrogens (tertiary/aromatic N) is 2. The fraction of sp³-hybridized carbons (Fsp3) is 0.278. The van der Waals surface area contributed by atoms with Gasteiger partial charge in [-0.2, -0.15) is 0 Å². The molecule has 8 heteroatoms. The zero-order valence-corrected chi connectivity index (χ0v) is 15.5. The summed E-state index contributed by atoms with van der Waals surface area (Å²) >= 11 is 5.96. The van der Waals surface area contributed by atoms with E-state index in [1.807, 2.05) is 0 Å². The summed E-state index contributed by atoms with van der Waals surface area (Å²) in [5.74, 6) is -0.744. The Kier molecular flexibility index (Phi) is 4.99. The van der Waals surface area contributed by atoms with Crippen LogP contribution in [0.2, 0.25) is 5.02 Å². The number of aryl methyl sites for hydroxylation is 1. The first-order valence-corrected chi connectivity index (χ1v) is 8.56. The highest BCUT2D eigenvalue weighted by Crippen LogP contribution is 2.19. The molecule has 3 rings (SSSR count). The van der Waals surface area contributed by atoms with Gasteiger partial charge in [0.15, 0.2) is 0 Å². The minimum absolute atomic E-state index is 0.254. The van der Waals surface area contributed by atoms with Crippen LogP contribution < -0.4 is 5.32 Å². The van der Waals surface area contributed by atoms with Crippen LogP contribution in [0.15, 0.2) is 24.5 Å². The maximum atomic E-state index is 12.5. The van der Waals surface area contributed by atoms with Crippen molar-refractivity contribution in [1.82, 2.24) is 19.7 Å². The molecule has 3 aromatic heterocycles. The van der Waals surface area contributed by atoms with Crippen molar-refractivity contribution in [1.29, 1.82) is 0 Å². The Hall–Kier alpha value is -2.80. The highest BCUT2D eigenvalue weighted by molar-refractivity contribution is 6.30. The first kappa shape index (κ1) is 18.0. The third-order valence-corrected chi connectivity index (χ3v) is 4.26. The number of carbonyl (C=O) groups is 2. The molecule has 0 unspecified atom stereocenters. The summed E-state index contributed by atoms with van der Waals surface area (Å²) < 4.78 is 6.84. The maximum Gasteiger partial charge on any atom is 0.340 e. The molecule has 0 bridgehead atoms. The second-order valence-electron chi connectivity index (χ2n) is 5.87. The lowest BCUT2D eigenvalue weighted by atomic mass is 10.1. The lowest BCUT2D eigenvalue weighted by molar-refractivity contribution is 0.0525. The van der Waals surface area contributed by atoms with Crippen molar-refractivity contribution in [3.05, 3.63) is 57.8 Å². The van der Waals surface area contributed by atoms with Gasteiger partial charge < -0.3 is 19.4 Å². The fourth-order valence-electron chi connectivity index (χ4n) is 2.85. The topological polar surface area (TPSA) is 88.5 Å². The lowest BCUT2D eigenvalue weighted by Gasteiger charge is -2.04. The van der Waals surface area contributed by atoms with Crippen molar-refractivity contribution in [3.63, 3.8) is 0 Å². The normalized spacial score (nSPS) is 10.9. The molecule has 2 N–H and O–H groups in total. The Morgan fingerprint density at radius 3 is 2.81 bits per heavy atom. The van der Waals surface area contributed by atoms with Crippen LogP contribution >= 0.6 is 11.6 Å². The monoisotopic (exact) mass is 374 g/mol. The number of ether oxygens (including phenoxy) is 1. The van der Waals surface area contributed by atoms with E-state index >= 15 is 0 Å². The zero-order chi connectivity index (χ0) is 18.8. The van der Waals surface area contributed by atoms with Gasteiger partial charge in [0.2, 0.25) is 0 Å².